The van der Waals surface area contributed by atoms with Gasteiger partial charge < -0.3 is 10.3 Å². The Morgan fingerprint density at radius 3 is 2.65 bits per heavy atom. The maximum atomic E-state index is 12.2. The molecule has 0 bridgehead atoms. The van der Waals surface area contributed by atoms with Crippen molar-refractivity contribution in [2.75, 3.05) is 5.32 Å². The lowest BCUT2D eigenvalue weighted by Crippen LogP contribution is -2.07. The van der Waals surface area contributed by atoms with Gasteiger partial charge >= 0.3 is 0 Å². The fourth-order valence-electron chi connectivity index (χ4n) is 3.28. The fourth-order valence-corrected chi connectivity index (χ4v) is 3.28. The molecule has 0 aliphatic heterocycles. The van der Waals surface area contributed by atoms with E-state index in [9.17, 15) is 4.79 Å². The van der Waals surface area contributed by atoms with Crippen LogP contribution >= 0.6 is 0 Å². The molecule has 0 aliphatic rings. The normalized spacial score (nSPS) is 11.4. The van der Waals surface area contributed by atoms with E-state index in [-0.39, 0.29) is 5.91 Å². The van der Waals surface area contributed by atoms with E-state index in [2.05, 4.69) is 41.5 Å². The zero-order valence-corrected chi connectivity index (χ0v) is 14.6. The Kier molecular flexibility index (Phi) is 4.28. The molecule has 26 heavy (non-hydrogen) atoms. The fraction of sp³-hybridized carbons (Fsp3) is 0.0870. The van der Waals surface area contributed by atoms with Gasteiger partial charge in [-0.25, -0.2) is 0 Å². The SMILES string of the molecule is CCc1cccc2c1[nH]c1cc(NC(=O)/C=C/c3ccccc3)ccc12. The smallest absolute Gasteiger partial charge is 0.248 e. The van der Waals surface area contributed by atoms with E-state index in [1.165, 1.54) is 21.9 Å². The summed E-state index contributed by atoms with van der Waals surface area (Å²) in [4.78, 5) is 15.7. The van der Waals surface area contributed by atoms with Gasteiger partial charge in [-0.1, -0.05) is 61.5 Å². The number of carbonyl (C=O) groups excluding carboxylic acids is 1. The summed E-state index contributed by atoms with van der Waals surface area (Å²) in [5.41, 5.74) is 5.30. The number of rotatable bonds is 4. The van der Waals surface area contributed by atoms with Crippen LogP contribution in [0.4, 0.5) is 5.69 Å². The zero-order valence-electron chi connectivity index (χ0n) is 14.6. The minimum atomic E-state index is -0.140. The summed E-state index contributed by atoms with van der Waals surface area (Å²) in [6.07, 6.45) is 4.35. The van der Waals surface area contributed by atoms with E-state index >= 15 is 0 Å². The number of H-pyrrole nitrogens is 1. The number of hydrogen-bond donors (Lipinski definition) is 2. The number of anilines is 1. The minimum absolute atomic E-state index is 0.140. The van der Waals surface area contributed by atoms with Crippen molar-refractivity contribution < 1.29 is 4.79 Å². The average molecular weight is 340 g/mol. The highest BCUT2D eigenvalue weighted by molar-refractivity contribution is 6.10. The van der Waals surface area contributed by atoms with Gasteiger partial charge in [0, 0.05) is 33.6 Å². The first kappa shape index (κ1) is 16.2. The van der Waals surface area contributed by atoms with Crippen molar-refractivity contribution in [2.24, 2.45) is 0 Å². The molecule has 0 fully saturated rings. The largest absolute Gasteiger partial charge is 0.354 e. The lowest BCUT2D eigenvalue weighted by molar-refractivity contribution is -0.111. The molecule has 0 saturated heterocycles. The molecule has 0 unspecified atom stereocenters. The van der Waals surface area contributed by atoms with Crippen LogP contribution in [0.5, 0.6) is 0 Å². The first-order valence-electron chi connectivity index (χ1n) is 8.82. The number of carbonyl (C=O) groups is 1. The van der Waals surface area contributed by atoms with E-state index < -0.39 is 0 Å². The number of aromatic amines is 1. The summed E-state index contributed by atoms with van der Waals surface area (Å²) < 4.78 is 0. The maximum absolute atomic E-state index is 12.2. The Labute approximate surface area is 152 Å². The second-order valence-electron chi connectivity index (χ2n) is 6.31. The number of benzene rings is 3. The summed E-state index contributed by atoms with van der Waals surface area (Å²) in [5, 5.41) is 5.33. The summed E-state index contributed by atoms with van der Waals surface area (Å²) in [6, 6.07) is 22.2. The molecule has 4 aromatic rings. The van der Waals surface area contributed by atoms with Crippen LogP contribution in [-0.4, -0.2) is 10.9 Å². The Hall–Kier alpha value is -3.33. The van der Waals surface area contributed by atoms with Crippen molar-refractivity contribution in [1.82, 2.24) is 4.98 Å². The number of hydrogen-bond acceptors (Lipinski definition) is 1. The highest BCUT2D eigenvalue weighted by Crippen LogP contribution is 2.29. The van der Waals surface area contributed by atoms with E-state index in [0.29, 0.717) is 0 Å². The number of aromatic nitrogens is 1. The van der Waals surface area contributed by atoms with E-state index in [1.807, 2.05) is 48.5 Å². The maximum Gasteiger partial charge on any atom is 0.248 e. The molecule has 3 heteroatoms. The molecular weight excluding hydrogens is 320 g/mol. The van der Waals surface area contributed by atoms with Gasteiger partial charge in [-0.15, -0.1) is 0 Å². The second kappa shape index (κ2) is 6.89. The van der Waals surface area contributed by atoms with Gasteiger partial charge in [0.05, 0.1) is 0 Å². The molecule has 1 amide bonds. The van der Waals surface area contributed by atoms with Crippen LogP contribution in [0.1, 0.15) is 18.1 Å². The van der Waals surface area contributed by atoms with Crippen LogP contribution in [0, 0.1) is 0 Å². The van der Waals surface area contributed by atoms with E-state index in [4.69, 9.17) is 0 Å². The predicted molar refractivity (Wildman–Crippen MR) is 109 cm³/mol. The standard InChI is InChI=1S/C23H20N2O/c1-2-17-9-6-10-20-19-13-12-18(15-21(19)25-23(17)20)24-22(26)14-11-16-7-4-3-5-8-16/h3-15,25H,2H2,1H3,(H,24,26)/b14-11+. The molecule has 0 radical (unpaired) electrons. The number of nitrogens with one attached hydrogen (secondary N) is 2. The molecular formula is C23H20N2O. The van der Waals surface area contributed by atoms with Crippen LogP contribution in [0.2, 0.25) is 0 Å². The van der Waals surface area contributed by atoms with Crippen molar-refractivity contribution in [1.29, 1.82) is 0 Å². The van der Waals surface area contributed by atoms with E-state index in [1.54, 1.807) is 6.08 Å². The number of amides is 1. The molecule has 0 spiro atoms. The first-order valence-corrected chi connectivity index (χ1v) is 8.82. The second-order valence-corrected chi connectivity index (χ2v) is 6.31. The molecule has 1 aromatic heterocycles. The Morgan fingerprint density at radius 1 is 1.00 bits per heavy atom. The zero-order chi connectivity index (χ0) is 17.9. The third kappa shape index (κ3) is 3.11. The summed E-state index contributed by atoms with van der Waals surface area (Å²) in [6.45, 7) is 2.16. The Bertz CT molecular complexity index is 1110. The van der Waals surface area contributed by atoms with Gasteiger partial charge in [0.2, 0.25) is 5.91 Å². The van der Waals surface area contributed by atoms with Crippen molar-refractivity contribution >= 4 is 39.5 Å². The molecule has 2 N–H and O–H groups in total. The number of para-hydroxylation sites is 1. The van der Waals surface area contributed by atoms with E-state index in [0.717, 1.165) is 23.2 Å². The average Bonchev–Trinajstić information content (AvgIpc) is 3.05. The summed E-state index contributed by atoms with van der Waals surface area (Å²) >= 11 is 0. The van der Waals surface area contributed by atoms with Crippen LogP contribution in [0.25, 0.3) is 27.9 Å². The molecule has 0 atom stereocenters. The first-order chi connectivity index (χ1) is 12.7. The monoisotopic (exact) mass is 340 g/mol. The van der Waals surface area contributed by atoms with Crippen molar-refractivity contribution in [3.05, 3.63) is 83.9 Å². The summed E-state index contributed by atoms with van der Waals surface area (Å²) in [5.74, 6) is -0.140. The van der Waals surface area contributed by atoms with Crippen molar-refractivity contribution in [2.45, 2.75) is 13.3 Å². The van der Waals surface area contributed by atoms with Gasteiger partial charge in [0.1, 0.15) is 0 Å². The minimum Gasteiger partial charge on any atom is -0.354 e. The van der Waals surface area contributed by atoms with Crippen LogP contribution in [-0.2, 0) is 11.2 Å². The third-order valence-corrected chi connectivity index (χ3v) is 4.60. The quantitative estimate of drug-likeness (QED) is 0.471. The predicted octanol–water partition coefficient (Wildman–Crippen LogP) is 5.54. The molecule has 1 heterocycles. The van der Waals surface area contributed by atoms with Gasteiger partial charge in [0.25, 0.3) is 0 Å². The third-order valence-electron chi connectivity index (χ3n) is 4.60. The molecule has 3 aromatic carbocycles. The Balaban J connectivity index is 1.60. The topological polar surface area (TPSA) is 44.9 Å². The number of aryl methyl sites for hydroxylation is 1. The van der Waals surface area contributed by atoms with Gasteiger partial charge in [-0.3, -0.25) is 4.79 Å². The number of fused-ring (bicyclic) bond motifs is 3. The van der Waals surface area contributed by atoms with Gasteiger partial charge in [0.15, 0.2) is 0 Å². The Morgan fingerprint density at radius 2 is 1.85 bits per heavy atom. The van der Waals surface area contributed by atoms with Crippen molar-refractivity contribution in [3.63, 3.8) is 0 Å². The molecule has 128 valence electrons. The molecule has 0 aliphatic carbocycles. The molecule has 3 nitrogen and oxygen atoms in total. The summed E-state index contributed by atoms with van der Waals surface area (Å²) in [7, 11) is 0. The molecule has 0 saturated carbocycles. The molecule has 4 rings (SSSR count). The van der Waals surface area contributed by atoms with Gasteiger partial charge in [-0.05, 0) is 35.8 Å². The van der Waals surface area contributed by atoms with Crippen LogP contribution in [0.15, 0.2) is 72.8 Å². The van der Waals surface area contributed by atoms with Crippen LogP contribution in [0.3, 0.4) is 0 Å². The van der Waals surface area contributed by atoms with Crippen molar-refractivity contribution in [3.8, 4) is 0 Å². The van der Waals surface area contributed by atoms with Gasteiger partial charge in [-0.2, -0.15) is 0 Å². The highest BCUT2D eigenvalue weighted by Gasteiger charge is 2.08. The highest BCUT2D eigenvalue weighted by atomic mass is 16.1. The van der Waals surface area contributed by atoms with Crippen LogP contribution < -0.4 is 5.32 Å². The lowest BCUT2D eigenvalue weighted by Gasteiger charge is -2.02. The lowest BCUT2D eigenvalue weighted by atomic mass is 10.1.